The number of benzene rings is 3. The zero-order valence-electron chi connectivity index (χ0n) is 19.9. The molecule has 36 heavy (non-hydrogen) atoms. The SMILES string of the molecule is CCNC(=O)[C@H](C)N(Cc1ccccc1Cl)C(=O)CN(c1ccc(I)cc1)S(=O)(=O)c1ccccc1. The third-order valence-electron chi connectivity index (χ3n) is 5.54. The minimum Gasteiger partial charge on any atom is -0.355 e. The first-order chi connectivity index (χ1) is 17.1. The number of anilines is 1. The van der Waals surface area contributed by atoms with Crippen LogP contribution in [0.2, 0.25) is 5.02 Å². The van der Waals surface area contributed by atoms with Gasteiger partial charge in [0.2, 0.25) is 11.8 Å². The lowest BCUT2D eigenvalue weighted by atomic mass is 10.1. The summed E-state index contributed by atoms with van der Waals surface area (Å²) in [5, 5.41) is 3.18. The number of sulfonamides is 1. The highest BCUT2D eigenvalue weighted by Crippen LogP contribution is 2.26. The molecule has 7 nitrogen and oxygen atoms in total. The monoisotopic (exact) mass is 639 g/mol. The molecule has 0 aliphatic heterocycles. The Morgan fingerprint density at radius 1 is 0.972 bits per heavy atom. The molecule has 0 aliphatic carbocycles. The van der Waals surface area contributed by atoms with Crippen LogP contribution in [0.5, 0.6) is 0 Å². The zero-order chi connectivity index (χ0) is 26.3. The fraction of sp³-hybridized carbons (Fsp3) is 0.231. The first-order valence-electron chi connectivity index (χ1n) is 11.3. The number of carbonyl (C=O) groups excluding carboxylic acids is 2. The molecule has 0 radical (unpaired) electrons. The van der Waals surface area contributed by atoms with Gasteiger partial charge in [0, 0.05) is 21.7 Å². The van der Waals surface area contributed by atoms with Crippen LogP contribution >= 0.6 is 34.2 Å². The zero-order valence-corrected chi connectivity index (χ0v) is 23.6. The standard InChI is InChI=1S/C26H27ClIN3O4S/c1-3-29-26(33)19(2)30(17-20-9-7-8-12-24(20)27)25(32)18-31(22-15-13-21(28)14-16-22)36(34,35)23-10-5-4-6-11-23/h4-16,19H,3,17-18H2,1-2H3,(H,29,33)/t19-/m0/s1. The quantitative estimate of drug-likeness (QED) is 0.326. The Kier molecular flexibility index (Phi) is 9.75. The summed E-state index contributed by atoms with van der Waals surface area (Å²) in [5.74, 6) is -0.878. The van der Waals surface area contributed by atoms with Gasteiger partial charge >= 0.3 is 0 Å². The van der Waals surface area contributed by atoms with E-state index in [9.17, 15) is 18.0 Å². The number of carbonyl (C=O) groups is 2. The van der Waals surface area contributed by atoms with Crippen LogP contribution in [0.15, 0.2) is 83.8 Å². The number of nitrogens with one attached hydrogen (secondary N) is 1. The van der Waals surface area contributed by atoms with Crippen LogP contribution in [-0.4, -0.2) is 44.3 Å². The van der Waals surface area contributed by atoms with E-state index in [0.717, 1.165) is 7.88 Å². The molecule has 190 valence electrons. The topological polar surface area (TPSA) is 86.8 Å². The van der Waals surface area contributed by atoms with Crippen LogP contribution in [0.25, 0.3) is 0 Å². The molecule has 2 amide bonds. The molecule has 1 N–H and O–H groups in total. The van der Waals surface area contributed by atoms with E-state index in [4.69, 9.17) is 11.6 Å². The van der Waals surface area contributed by atoms with Gasteiger partial charge in [-0.2, -0.15) is 0 Å². The molecule has 0 spiro atoms. The highest BCUT2D eigenvalue weighted by atomic mass is 127. The van der Waals surface area contributed by atoms with Gasteiger partial charge in [-0.25, -0.2) is 8.42 Å². The maximum Gasteiger partial charge on any atom is 0.264 e. The molecule has 0 saturated carbocycles. The molecule has 0 bridgehead atoms. The molecular weight excluding hydrogens is 613 g/mol. The summed E-state index contributed by atoms with van der Waals surface area (Å²) in [7, 11) is -4.08. The van der Waals surface area contributed by atoms with Gasteiger partial charge in [-0.1, -0.05) is 48.0 Å². The van der Waals surface area contributed by atoms with Gasteiger partial charge in [-0.3, -0.25) is 13.9 Å². The van der Waals surface area contributed by atoms with Gasteiger partial charge in [0.15, 0.2) is 0 Å². The van der Waals surface area contributed by atoms with Gasteiger partial charge in [-0.15, -0.1) is 0 Å². The summed E-state index contributed by atoms with van der Waals surface area (Å²) in [4.78, 5) is 27.9. The van der Waals surface area contributed by atoms with Crippen molar-refractivity contribution < 1.29 is 18.0 Å². The lowest BCUT2D eigenvalue weighted by Crippen LogP contribution is -2.51. The minimum absolute atomic E-state index is 0.0444. The average Bonchev–Trinajstić information content (AvgIpc) is 2.87. The number of hydrogen-bond donors (Lipinski definition) is 1. The number of halogens is 2. The van der Waals surface area contributed by atoms with Crippen molar-refractivity contribution in [3.05, 3.63) is 93.0 Å². The van der Waals surface area contributed by atoms with E-state index in [2.05, 4.69) is 27.9 Å². The molecule has 0 aliphatic rings. The predicted octanol–water partition coefficient (Wildman–Crippen LogP) is 4.69. The Bertz CT molecular complexity index is 1300. The molecular formula is C26H27ClIN3O4S. The third kappa shape index (κ3) is 6.77. The Balaban J connectivity index is 2.02. The summed E-state index contributed by atoms with van der Waals surface area (Å²) in [6.07, 6.45) is 0. The maximum atomic E-state index is 13.7. The Hall–Kier alpha value is -2.63. The van der Waals surface area contributed by atoms with E-state index in [1.54, 1.807) is 80.6 Å². The van der Waals surface area contributed by atoms with E-state index in [1.807, 2.05) is 0 Å². The fourth-order valence-corrected chi connectivity index (χ4v) is 5.56. The van der Waals surface area contributed by atoms with Crippen molar-refractivity contribution in [2.24, 2.45) is 0 Å². The van der Waals surface area contributed by atoms with Crippen molar-refractivity contribution in [2.45, 2.75) is 31.3 Å². The van der Waals surface area contributed by atoms with E-state index in [1.165, 1.54) is 17.0 Å². The third-order valence-corrected chi connectivity index (χ3v) is 8.42. The summed E-state index contributed by atoms with van der Waals surface area (Å²) >= 11 is 8.47. The van der Waals surface area contributed by atoms with Gasteiger partial charge in [0.1, 0.15) is 12.6 Å². The molecule has 3 rings (SSSR count). The van der Waals surface area contributed by atoms with Crippen LogP contribution in [0, 0.1) is 3.57 Å². The van der Waals surface area contributed by atoms with Crippen molar-refractivity contribution in [1.82, 2.24) is 10.2 Å². The molecule has 1 atom stereocenters. The molecule has 3 aromatic carbocycles. The second kappa shape index (κ2) is 12.6. The molecule has 0 saturated heterocycles. The van der Waals surface area contributed by atoms with E-state index >= 15 is 0 Å². The highest BCUT2D eigenvalue weighted by molar-refractivity contribution is 14.1. The van der Waals surface area contributed by atoms with Gasteiger partial charge in [0.25, 0.3) is 10.0 Å². The molecule has 10 heteroatoms. The summed E-state index contributed by atoms with van der Waals surface area (Å²) in [6.45, 7) is 3.35. The Morgan fingerprint density at radius 2 is 1.58 bits per heavy atom. The van der Waals surface area contributed by atoms with E-state index < -0.39 is 28.5 Å². The first-order valence-corrected chi connectivity index (χ1v) is 14.2. The highest BCUT2D eigenvalue weighted by Gasteiger charge is 2.32. The molecule has 0 fully saturated rings. The van der Waals surface area contributed by atoms with Gasteiger partial charge in [-0.05, 0) is 84.5 Å². The van der Waals surface area contributed by atoms with Crippen molar-refractivity contribution in [3.63, 3.8) is 0 Å². The predicted molar refractivity (Wildman–Crippen MR) is 150 cm³/mol. The minimum atomic E-state index is -4.08. The number of hydrogen-bond acceptors (Lipinski definition) is 4. The van der Waals surface area contributed by atoms with Crippen molar-refractivity contribution in [2.75, 3.05) is 17.4 Å². The second-order valence-corrected chi connectivity index (χ2v) is 11.5. The largest absolute Gasteiger partial charge is 0.355 e. The summed E-state index contributed by atoms with van der Waals surface area (Å²) in [5.41, 5.74) is 0.992. The average molecular weight is 640 g/mol. The van der Waals surface area contributed by atoms with Crippen molar-refractivity contribution in [1.29, 1.82) is 0 Å². The Morgan fingerprint density at radius 3 is 2.19 bits per heavy atom. The Labute approximate surface area is 230 Å². The van der Waals surface area contributed by atoms with Gasteiger partial charge < -0.3 is 10.2 Å². The van der Waals surface area contributed by atoms with E-state index in [0.29, 0.717) is 22.8 Å². The molecule has 0 aromatic heterocycles. The molecule has 0 heterocycles. The van der Waals surface area contributed by atoms with Crippen LogP contribution < -0.4 is 9.62 Å². The number of nitrogens with zero attached hydrogens (tertiary/aromatic N) is 2. The number of amides is 2. The van der Waals surface area contributed by atoms with Crippen LogP contribution in [-0.2, 0) is 26.2 Å². The van der Waals surface area contributed by atoms with Crippen LogP contribution in [0.1, 0.15) is 19.4 Å². The van der Waals surface area contributed by atoms with E-state index in [-0.39, 0.29) is 17.3 Å². The summed E-state index contributed by atoms with van der Waals surface area (Å²) < 4.78 is 29.3. The van der Waals surface area contributed by atoms with Crippen LogP contribution in [0.3, 0.4) is 0 Å². The number of likely N-dealkylation sites (N-methyl/N-ethyl adjacent to an activating group) is 1. The van der Waals surface area contributed by atoms with Crippen molar-refractivity contribution in [3.8, 4) is 0 Å². The maximum absolute atomic E-state index is 13.7. The normalized spacial score (nSPS) is 12.0. The molecule has 3 aromatic rings. The van der Waals surface area contributed by atoms with Crippen molar-refractivity contribution >= 4 is 61.7 Å². The summed E-state index contributed by atoms with van der Waals surface area (Å²) in [6, 6.07) is 21.0. The number of rotatable bonds is 10. The smallest absolute Gasteiger partial charge is 0.264 e. The van der Waals surface area contributed by atoms with Gasteiger partial charge in [0.05, 0.1) is 10.6 Å². The first kappa shape index (κ1) is 27.9. The second-order valence-electron chi connectivity index (χ2n) is 7.98. The fourth-order valence-electron chi connectivity index (χ4n) is 3.57. The van der Waals surface area contributed by atoms with Crippen LogP contribution in [0.4, 0.5) is 5.69 Å². The lowest BCUT2D eigenvalue weighted by Gasteiger charge is -2.32. The molecule has 0 unspecified atom stereocenters. The lowest BCUT2D eigenvalue weighted by molar-refractivity contribution is -0.139.